The van der Waals surface area contributed by atoms with E-state index in [0.717, 1.165) is 30.5 Å². The minimum atomic E-state index is -0.597. The van der Waals surface area contributed by atoms with Crippen LogP contribution >= 0.6 is 0 Å². The van der Waals surface area contributed by atoms with E-state index in [4.69, 9.17) is 4.74 Å². The Bertz CT molecular complexity index is 1050. The van der Waals surface area contributed by atoms with Crippen molar-refractivity contribution >= 4 is 11.9 Å². The van der Waals surface area contributed by atoms with Gasteiger partial charge in [-0.15, -0.1) is 0 Å². The number of carbonyl (C=O) groups is 2. The molecule has 1 aliphatic heterocycles. The fraction of sp³-hybridized carbons (Fsp3) is 0.333. The predicted octanol–water partition coefficient (Wildman–Crippen LogP) is 4.53. The molecule has 182 valence electrons. The van der Waals surface area contributed by atoms with Gasteiger partial charge in [0.25, 0.3) is 0 Å². The van der Waals surface area contributed by atoms with E-state index < -0.39 is 12.0 Å². The Morgan fingerprint density at radius 2 is 1.46 bits per heavy atom. The Hall–Kier alpha value is -3.44. The largest absolute Gasteiger partial charge is 0.467 e. The third-order valence-corrected chi connectivity index (χ3v) is 7.06. The molecule has 0 saturated carbocycles. The van der Waals surface area contributed by atoms with Gasteiger partial charge in [-0.05, 0) is 43.0 Å². The summed E-state index contributed by atoms with van der Waals surface area (Å²) in [5.41, 5.74) is 3.15. The molecule has 3 aromatic rings. The molecule has 1 aliphatic rings. The number of nitrogens with zero attached hydrogens (tertiary/aromatic N) is 2. The summed E-state index contributed by atoms with van der Waals surface area (Å²) in [5.74, 6) is -0.862. The molecule has 0 aromatic heterocycles. The summed E-state index contributed by atoms with van der Waals surface area (Å²) in [6.45, 7) is 1.42. The normalized spacial score (nSPS) is 18.0. The van der Waals surface area contributed by atoms with Gasteiger partial charge in [0, 0.05) is 19.1 Å². The number of ether oxygens (including phenoxy) is 1. The Balaban J connectivity index is 1.53. The minimum Gasteiger partial charge on any atom is -0.467 e. The van der Waals surface area contributed by atoms with E-state index in [1.165, 1.54) is 12.7 Å². The van der Waals surface area contributed by atoms with Gasteiger partial charge in [-0.3, -0.25) is 4.79 Å². The molecule has 0 spiro atoms. The van der Waals surface area contributed by atoms with Crippen LogP contribution in [-0.2, 0) is 20.7 Å². The van der Waals surface area contributed by atoms with Gasteiger partial charge in [-0.2, -0.15) is 0 Å². The average molecular weight is 471 g/mol. The van der Waals surface area contributed by atoms with Crippen LogP contribution in [-0.4, -0.2) is 61.0 Å². The Labute approximate surface area is 208 Å². The second-order valence-electron chi connectivity index (χ2n) is 9.22. The molecule has 0 N–H and O–H groups in total. The molecule has 0 radical (unpaired) electrons. The first-order valence-electron chi connectivity index (χ1n) is 12.3. The van der Waals surface area contributed by atoms with Crippen molar-refractivity contribution in [1.82, 2.24) is 9.80 Å². The molecule has 1 heterocycles. The van der Waals surface area contributed by atoms with Crippen molar-refractivity contribution in [2.75, 3.05) is 27.2 Å². The molecule has 4 rings (SSSR count). The number of benzene rings is 3. The third kappa shape index (κ3) is 5.98. The molecule has 0 aliphatic carbocycles. The van der Waals surface area contributed by atoms with Crippen LogP contribution in [0.15, 0.2) is 91.0 Å². The molecule has 35 heavy (non-hydrogen) atoms. The molecule has 1 saturated heterocycles. The van der Waals surface area contributed by atoms with Crippen molar-refractivity contribution in [3.8, 4) is 0 Å². The maximum atomic E-state index is 14.0. The fourth-order valence-electron chi connectivity index (χ4n) is 5.04. The number of amides is 1. The highest BCUT2D eigenvalue weighted by atomic mass is 16.5. The van der Waals surface area contributed by atoms with Crippen LogP contribution in [0.4, 0.5) is 0 Å². The molecule has 5 nitrogen and oxygen atoms in total. The molecule has 0 unspecified atom stereocenters. The quantitative estimate of drug-likeness (QED) is 0.454. The van der Waals surface area contributed by atoms with E-state index >= 15 is 0 Å². The first-order valence-corrected chi connectivity index (χ1v) is 12.3. The lowest BCUT2D eigenvalue weighted by atomic mass is 9.87. The van der Waals surface area contributed by atoms with Crippen molar-refractivity contribution in [3.63, 3.8) is 0 Å². The minimum absolute atomic E-state index is 0.0526. The van der Waals surface area contributed by atoms with Crippen molar-refractivity contribution in [1.29, 1.82) is 0 Å². The second-order valence-corrected chi connectivity index (χ2v) is 9.22. The van der Waals surface area contributed by atoms with Crippen molar-refractivity contribution in [3.05, 3.63) is 108 Å². The zero-order valence-electron chi connectivity index (χ0n) is 20.5. The molecule has 3 aromatic carbocycles. The van der Waals surface area contributed by atoms with Crippen molar-refractivity contribution in [2.24, 2.45) is 0 Å². The van der Waals surface area contributed by atoms with Crippen LogP contribution in [0.1, 0.15) is 35.4 Å². The maximum absolute atomic E-state index is 14.0. The Morgan fingerprint density at radius 1 is 0.914 bits per heavy atom. The van der Waals surface area contributed by atoms with Crippen LogP contribution in [0.2, 0.25) is 0 Å². The first-order chi connectivity index (χ1) is 17.1. The van der Waals surface area contributed by atoms with Gasteiger partial charge in [0.2, 0.25) is 5.91 Å². The van der Waals surface area contributed by atoms with E-state index in [9.17, 15) is 9.59 Å². The maximum Gasteiger partial charge on any atom is 0.328 e. The summed E-state index contributed by atoms with van der Waals surface area (Å²) in [4.78, 5) is 31.0. The van der Waals surface area contributed by atoms with Crippen molar-refractivity contribution in [2.45, 2.75) is 37.3 Å². The summed E-state index contributed by atoms with van der Waals surface area (Å²) < 4.78 is 5.17. The third-order valence-electron chi connectivity index (χ3n) is 7.06. The number of likely N-dealkylation sites (N-methyl/N-ethyl adjacent to an activating group) is 1. The highest BCUT2D eigenvalue weighted by molar-refractivity contribution is 5.91. The lowest BCUT2D eigenvalue weighted by Gasteiger charge is -2.42. The zero-order valence-corrected chi connectivity index (χ0v) is 20.5. The number of methoxy groups -OCH3 is 1. The Morgan fingerprint density at radius 3 is 2.00 bits per heavy atom. The van der Waals surface area contributed by atoms with Gasteiger partial charge in [0.1, 0.15) is 6.04 Å². The Kier molecular flexibility index (Phi) is 8.32. The predicted molar refractivity (Wildman–Crippen MR) is 138 cm³/mol. The smallest absolute Gasteiger partial charge is 0.328 e. The highest BCUT2D eigenvalue weighted by Gasteiger charge is 2.40. The molecule has 1 fully saturated rings. The molecule has 1 amide bonds. The van der Waals surface area contributed by atoms with Gasteiger partial charge in [0.15, 0.2) is 0 Å². The van der Waals surface area contributed by atoms with Gasteiger partial charge < -0.3 is 14.5 Å². The summed E-state index contributed by atoms with van der Waals surface area (Å²) in [5, 5.41) is 0. The topological polar surface area (TPSA) is 49.9 Å². The second kappa shape index (κ2) is 11.8. The lowest BCUT2D eigenvalue weighted by Crippen LogP contribution is -2.55. The lowest BCUT2D eigenvalue weighted by molar-refractivity contribution is -0.156. The van der Waals surface area contributed by atoms with Gasteiger partial charge in [-0.1, -0.05) is 91.0 Å². The number of carbonyl (C=O) groups excluding carboxylic acids is 2. The standard InChI is InChI=1S/C30H34N2O3/c1-31(20-18-23-12-6-3-7-13-23)26-19-21-32(27(22-26)30(34)35-2)29(33)28(24-14-8-4-9-15-24)25-16-10-5-11-17-25/h3-17,26-28H,18-22H2,1-2H3/t26-,27-/m0/s1. The summed E-state index contributed by atoms with van der Waals surface area (Å²) in [7, 11) is 3.51. The van der Waals surface area contributed by atoms with Crippen LogP contribution in [0.25, 0.3) is 0 Å². The van der Waals surface area contributed by atoms with E-state index in [-0.39, 0.29) is 17.9 Å². The number of esters is 1. The van der Waals surface area contributed by atoms with E-state index in [0.29, 0.717) is 13.0 Å². The number of piperidine rings is 1. The molecular weight excluding hydrogens is 436 g/mol. The molecular formula is C30H34N2O3. The molecule has 5 heteroatoms. The number of hydrogen-bond donors (Lipinski definition) is 0. The summed E-state index contributed by atoms with van der Waals surface area (Å²) >= 11 is 0. The van der Waals surface area contributed by atoms with Gasteiger partial charge in [-0.25, -0.2) is 4.79 Å². The van der Waals surface area contributed by atoms with E-state index in [1.807, 2.05) is 66.7 Å². The van der Waals surface area contributed by atoms with Crippen LogP contribution in [0, 0.1) is 0 Å². The number of likely N-dealkylation sites (tertiary alicyclic amines) is 1. The SMILES string of the molecule is COC(=O)[C@@H]1C[C@@H](N(C)CCc2ccccc2)CCN1C(=O)C(c1ccccc1)c1ccccc1. The van der Waals surface area contributed by atoms with E-state index in [1.54, 1.807) is 4.90 Å². The van der Waals surface area contributed by atoms with Crippen LogP contribution in [0.5, 0.6) is 0 Å². The zero-order chi connectivity index (χ0) is 24.6. The highest BCUT2D eigenvalue weighted by Crippen LogP contribution is 2.31. The van der Waals surface area contributed by atoms with Crippen LogP contribution < -0.4 is 0 Å². The van der Waals surface area contributed by atoms with Crippen molar-refractivity contribution < 1.29 is 14.3 Å². The monoisotopic (exact) mass is 470 g/mol. The van der Waals surface area contributed by atoms with Gasteiger partial charge >= 0.3 is 5.97 Å². The molecule has 2 atom stereocenters. The van der Waals surface area contributed by atoms with Crippen LogP contribution in [0.3, 0.4) is 0 Å². The number of hydrogen-bond acceptors (Lipinski definition) is 4. The number of rotatable bonds is 8. The summed E-state index contributed by atoms with van der Waals surface area (Å²) in [6.07, 6.45) is 2.34. The van der Waals surface area contributed by atoms with E-state index in [2.05, 4.69) is 36.2 Å². The first kappa shape index (κ1) is 24.7. The fourth-order valence-corrected chi connectivity index (χ4v) is 5.04. The molecule has 0 bridgehead atoms. The average Bonchev–Trinajstić information content (AvgIpc) is 2.92. The summed E-state index contributed by atoms with van der Waals surface area (Å²) in [6, 6.07) is 29.6. The van der Waals surface area contributed by atoms with Gasteiger partial charge in [0.05, 0.1) is 13.0 Å².